The minimum Gasteiger partial charge on any atom is -0.394 e. The van der Waals surface area contributed by atoms with E-state index in [0.717, 1.165) is 23.7 Å². The topological polar surface area (TPSA) is 105 Å². The van der Waals surface area contributed by atoms with Gasteiger partial charge in [0, 0.05) is 6.04 Å². The number of aliphatic hydroxyl groups excluding tert-OH is 2. The fourth-order valence-electron chi connectivity index (χ4n) is 2.83. The lowest BCUT2D eigenvalue weighted by Crippen LogP contribution is -2.30. The normalized spacial score (nSPS) is 29.5. The van der Waals surface area contributed by atoms with Crippen LogP contribution in [0.5, 0.6) is 0 Å². The largest absolute Gasteiger partial charge is 0.451 e. The van der Waals surface area contributed by atoms with Gasteiger partial charge in [0.05, 0.1) is 12.9 Å². The number of nitrogens with zero attached hydrogens (tertiary/aromatic N) is 4. The summed E-state index contributed by atoms with van der Waals surface area (Å²) in [5.41, 5.74) is -0.225. The molecule has 2 fully saturated rings. The molecule has 0 radical (unpaired) electrons. The van der Waals surface area contributed by atoms with Crippen LogP contribution in [0.15, 0.2) is 6.33 Å². The van der Waals surface area contributed by atoms with Gasteiger partial charge in [0.25, 0.3) is 0 Å². The molecule has 0 amide bonds. The number of hydrogen-bond acceptors (Lipinski definition) is 7. The number of ether oxygens (including phenoxy) is 1. The first-order valence-electron chi connectivity index (χ1n) is 7.96. The molecule has 1 aliphatic heterocycles. The van der Waals surface area contributed by atoms with Crippen molar-refractivity contribution in [2.75, 3.05) is 11.9 Å². The van der Waals surface area contributed by atoms with Crippen molar-refractivity contribution in [2.24, 2.45) is 0 Å². The van der Waals surface area contributed by atoms with Gasteiger partial charge in [-0.3, -0.25) is 4.57 Å². The molecular formula is C14H15F4N5O3. The highest BCUT2D eigenvalue weighted by atomic mass is 19.4. The van der Waals surface area contributed by atoms with Crippen molar-refractivity contribution in [3.8, 4) is 0 Å². The maximum absolute atomic E-state index is 14.3. The van der Waals surface area contributed by atoms with Crippen LogP contribution in [0.1, 0.15) is 24.9 Å². The lowest BCUT2D eigenvalue weighted by Gasteiger charge is -2.16. The van der Waals surface area contributed by atoms with Crippen LogP contribution in [0.2, 0.25) is 0 Å². The summed E-state index contributed by atoms with van der Waals surface area (Å²) in [4.78, 5) is 11.0. The fraction of sp³-hybridized carbons (Fsp3) is 0.643. The van der Waals surface area contributed by atoms with Crippen molar-refractivity contribution in [1.82, 2.24) is 19.5 Å². The quantitative estimate of drug-likeness (QED) is 0.683. The first-order valence-corrected chi connectivity index (χ1v) is 7.96. The highest BCUT2D eigenvalue weighted by molar-refractivity contribution is 5.83. The summed E-state index contributed by atoms with van der Waals surface area (Å²) in [7, 11) is 0. The van der Waals surface area contributed by atoms with E-state index < -0.39 is 43.2 Å². The molecule has 3 N–H and O–H groups in total. The van der Waals surface area contributed by atoms with Crippen molar-refractivity contribution in [2.45, 2.75) is 49.7 Å². The summed E-state index contributed by atoms with van der Waals surface area (Å²) in [6.45, 7) is -0.637. The third kappa shape index (κ3) is 2.87. The second kappa shape index (κ2) is 5.99. The molecule has 0 aromatic carbocycles. The van der Waals surface area contributed by atoms with Crippen molar-refractivity contribution >= 4 is 17.0 Å². The molecule has 0 spiro atoms. The van der Waals surface area contributed by atoms with Gasteiger partial charge in [0.1, 0.15) is 12.2 Å². The Kier molecular flexibility index (Phi) is 4.00. The van der Waals surface area contributed by atoms with E-state index in [0.29, 0.717) is 0 Å². The van der Waals surface area contributed by atoms with E-state index in [1.165, 1.54) is 0 Å². The van der Waals surface area contributed by atoms with Gasteiger partial charge in [-0.05, 0) is 12.8 Å². The van der Waals surface area contributed by atoms with Gasteiger partial charge in [-0.1, -0.05) is 0 Å². The molecule has 4 rings (SSSR count). The molecule has 1 unspecified atom stereocenters. The summed E-state index contributed by atoms with van der Waals surface area (Å²) < 4.78 is 60.0. The predicted molar refractivity (Wildman–Crippen MR) is 78.9 cm³/mol. The van der Waals surface area contributed by atoms with Gasteiger partial charge in [-0.25, -0.2) is 19.3 Å². The zero-order valence-electron chi connectivity index (χ0n) is 13.2. The standard InChI is InChI=1S/C14H15F4N5O3/c15-7-9(25)6(3-24)26-12(7)23-4-19-8-10(20-5-1-2-5)21-13(14(16,17)18)22-11(8)23/h4-7,9,12,24-25H,1-3H2,(H,20,21,22)/t6-,7-,9?,12-/m1/s1. The molecule has 3 heterocycles. The zero-order valence-corrected chi connectivity index (χ0v) is 13.2. The number of nitrogens with one attached hydrogen (secondary N) is 1. The molecule has 0 bridgehead atoms. The zero-order chi connectivity index (χ0) is 18.6. The first kappa shape index (κ1) is 17.4. The predicted octanol–water partition coefficient (Wildman–Crippen LogP) is 1.01. The molecular weight excluding hydrogens is 362 g/mol. The molecule has 4 atom stereocenters. The van der Waals surface area contributed by atoms with Crippen LogP contribution in [0, 0.1) is 0 Å². The van der Waals surface area contributed by atoms with Crippen molar-refractivity contribution < 1.29 is 32.5 Å². The van der Waals surface area contributed by atoms with Gasteiger partial charge in [-0.2, -0.15) is 13.2 Å². The van der Waals surface area contributed by atoms with Crippen LogP contribution in [0.3, 0.4) is 0 Å². The molecule has 2 aromatic heterocycles. The Hall–Kier alpha value is -2.05. The van der Waals surface area contributed by atoms with E-state index in [2.05, 4.69) is 20.3 Å². The average Bonchev–Trinajstić information content (AvgIpc) is 3.22. The summed E-state index contributed by atoms with van der Waals surface area (Å²) in [5.74, 6) is -1.47. The molecule has 8 nitrogen and oxygen atoms in total. The lowest BCUT2D eigenvalue weighted by molar-refractivity contribution is -0.144. The second-order valence-electron chi connectivity index (χ2n) is 6.32. The number of aromatic nitrogens is 4. The molecule has 12 heteroatoms. The minimum absolute atomic E-state index is 0.0107. The van der Waals surface area contributed by atoms with Gasteiger partial charge < -0.3 is 20.3 Å². The van der Waals surface area contributed by atoms with Crippen LogP contribution in [0.4, 0.5) is 23.4 Å². The summed E-state index contributed by atoms with van der Waals surface area (Å²) >= 11 is 0. The first-order chi connectivity index (χ1) is 12.3. The molecule has 1 saturated heterocycles. The van der Waals surface area contributed by atoms with Crippen LogP contribution >= 0.6 is 0 Å². The third-order valence-corrected chi connectivity index (χ3v) is 4.34. The minimum atomic E-state index is -4.80. The van der Waals surface area contributed by atoms with Crippen LogP contribution < -0.4 is 5.32 Å². The van der Waals surface area contributed by atoms with E-state index in [1.807, 2.05) is 0 Å². The molecule has 1 aliphatic carbocycles. The summed E-state index contributed by atoms with van der Waals surface area (Å²) in [5, 5.41) is 21.7. The number of alkyl halides is 4. The van der Waals surface area contributed by atoms with Crippen LogP contribution in [-0.4, -0.2) is 60.8 Å². The van der Waals surface area contributed by atoms with E-state index in [-0.39, 0.29) is 23.0 Å². The second-order valence-corrected chi connectivity index (χ2v) is 6.32. The maximum atomic E-state index is 14.3. The Morgan fingerprint density at radius 1 is 1.31 bits per heavy atom. The van der Waals surface area contributed by atoms with E-state index in [9.17, 15) is 22.7 Å². The number of anilines is 1. The highest BCUT2D eigenvalue weighted by Gasteiger charge is 2.46. The van der Waals surface area contributed by atoms with Crippen LogP contribution in [0.25, 0.3) is 11.2 Å². The number of aliphatic hydroxyl groups is 2. The maximum Gasteiger partial charge on any atom is 0.451 e. The highest BCUT2D eigenvalue weighted by Crippen LogP contribution is 2.36. The van der Waals surface area contributed by atoms with E-state index >= 15 is 0 Å². The third-order valence-electron chi connectivity index (χ3n) is 4.34. The van der Waals surface area contributed by atoms with Gasteiger partial charge in [0.2, 0.25) is 5.82 Å². The number of rotatable bonds is 4. The Morgan fingerprint density at radius 3 is 2.62 bits per heavy atom. The van der Waals surface area contributed by atoms with Gasteiger partial charge in [0.15, 0.2) is 29.4 Å². The van der Waals surface area contributed by atoms with Crippen molar-refractivity contribution in [3.05, 3.63) is 12.2 Å². The van der Waals surface area contributed by atoms with Gasteiger partial charge >= 0.3 is 6.18 Å². The smallest absolute Gasteiger partial charge is 0.394 e. The number of imidazole rings is 1. The summed E-state index contributed by atoms with van der Waals surface area (Å²) in [6, 6.07) is 0.0107. The molecule has 2 aliphatic rings. The number of hydrogen-bond donors (Lipinski definition) is 3. The van der Waals surface area contributed by atoms with E-state index in [4.69, 9.17) is 9.84 Å². The van der Waals surface area contributed by atoms with Gasteiger partial charge in [-0.15, -0.1) is 0 Å². The molecule has 2 aromatic rings. The Bertz CT molecular complexity index is 825. The average molecular weight is 377 g/mol. The monoisotopic (exact) mass is 377 g/mol. The molecule has 26 heavy (non-hydrogen) atoms. The molecule has 1 saturated carbocycles. The summed E-state index contributed by atoms with van der Waals surface area (Å²) in [6.07, 6.45) is -8.35. The Labute approximate surface area is 143 Å². The van der Waals surface area contributed by atoms with Crippen LogP contribution in [-0.2, 0) is 10.9 Å². The number of fused-ring (bicyclic) bond motifs is 1. The van der Waals surface area contributed by atoms with E-state index in [1.54, 1.807) is 0 Å². The fourth-order valence-corrected chi connectivity index (χ4v) is 2.83. The Balaban J connectivity index is 1.81. The SMILES string of the molecule is OC[C@H]1O[C@@H](n2cnc3c(NC4CC4)nc(C(F)(F)F)nc32)[C@H](F)C1O. The molecule has 142 valence electrons. The van der Waals surface area contributed by atoms with Crippen molar-refractivity contribution in [1.29, 1.82) is 0 Å². The Morgan fingerprint density at radius 2 is 2.04 bits per heavy atom. The van der Waals surface area contributed by atoms with Crippen molar-refractivity contribution in [3.63, 3.8) is 0 Å². The lowest BCUT2D eigenvalue weighted by atomic mass is 10.1. The number of halogens is 4.